The molecule has 0 bridgehead atoms. The van der Waals surface area contributed by atoms with E-state index in [0.29, 0.717) is 11.4 Å². The van der Waals surface area contributed by atoms with Gasteiger partial charge in [-0.15, -0.1) is 0 Å². The highest BCUT2D eigenvalue weighted by atomic mass is 19.1. The van der Waals surface area contributed by atoms with Gasteiger partial charge in [-0.05, 0) is 37.9 Å². The molecule has 0 saturated carbocycles. The zero-order valence-electron chi connectivity index (χ0n) is 11.1. The zero-order chi connectivity index (χ0) is 14.1. The Bertz CT molecular complexity index is 621. The Morgan fingerprint density at radius 3 is 2.85 bits per heavy atom. The van der Waals surface area contributed by atoms with Crippen LogP contribution in [0.5, 0.6) is 0 Å². The summed E-state index contributed by atoms with van der Waals surface area (Å²) in [6.45, 7) is 2.48. The topological polar surface area (TPSA) is 51.0 Å². The van der Waals surface area contributed by atoms with Gasteiger partial charge in [0.2, 0.25) is 0 Å². The van der Waals surface area contributed by atoms with Crippen LogP contribution in [-0.4, -0.2) is 16.7 Å². The maximum absolute atomic E-state index is 13.8. The molecule has 1 aromatic heterocycles. The third-order valence-electron chi connectivity index (χ3n) is 3.54. The fraction of sp³-hybridized carbons (Fsp3) is 0.429. The van der Waals surface area contributed by atoms with Crippen molar-refractivity contribution in [1.29, 1.82) is 0 Å². The van der Waals surface area contributed by atoms with Gasteiger partial charge in [-0.2, -0.15) is 4.98 Å². The summed E-state index contributed by atoms with van der Waals surface area (Å²) in [6, 6.07) is 2.27. The van der Waals surface area contributed by atoms with Gasteiger partial charge < -0.3 is 9.84 Å². The summed E-state index contributed by atoms with van der Waals surface area (Å²) in [5, 5.41) is 7.20. The quantitative estimate of drug-likeness (QED) is 0.917. The van der Waals surface area contributed by atoms with Gasteiger partial charge >= 0.3 is 0 Å². The summed E-state index contributed by atoms with van der Waals surface area (Å²) >= 11 is 0. The molecule has 0 spiro atoms. The van der Waals surface area contributed by atoms with Crippen molar-refractivity contribution in [2.24, 2.45) is 0 Å². The highest BCUT2D eigenvalue weighted by molar-refractivity contribution is 5.55. The number of piperidine rings is 1. The average molecular weight is 279 g/mol. The summed E-state index contributed by atoms with van der Waals surface area (Å²) in [4.78, 5) is 4.23. The highest BCUT2D eigenvalue weighted by Crippen LogP contribution is 2.27. The number of benzene rings is 1. The third-order valence-corrected chi connectivity index (χ3v) is 3.54. The molecule has 0 aliphatic carbocycles. The fourth-order valence-corrected chi connectivity index (χ4v) is 2.38. The molecule has 0 amide bonds. The summed E-state index contributed by atoms with van der Waals surface area (Å²) in [7, 11) is 0. The molecule has 4 nitrogen and oxygen atoms in total. The monoisotopic (exact) mass is 279 g/mol. The van der Waals surface area contributed by atoms with E-state index in [0.717, 1.165) is 31.9 Å². The molecule has 1 aliphatic rings. The maximum atomic E-state index is 13.8. The molecule has 1 unspecified atom stereocenters. The van der Waals surface area contributed by atoms with Crippen molar-refractivity contribution < 1.29 is 13.3 Å². The van der Waals surface area contributed by atoms with Crippen LogP contribution in [0.2, 0.25) is 0 Å². The second-order valence-electron chi connectivity index (χ2n) is 5.04. The van der Waals surface area contributed by atoms with Crippen LogP contribution >= 0.6 is 0 Å². The Labute approximate surface area is 115 Å². The molecule has 2 aromatic rings. The molecule has 2 heterocycles. The van der Waals surface area contributed by atoms with Crippen LogP contribution in [0.15, 0.2) is 16.7 Å². The summed E-state index contributed by atoms with van der Waals surface area (Å²) in [5.74, 6) is -0.658. The lowest BCUT2D eigenvalue weighted by atomic mass is 10.0. The van der Waals surface area contributed by atoms with E-state index in [9.17, 15) is 8.78 Å². The molecule has 3 rings (SSSR count). The van der Waals surface area contributed by atoms with Crippen molar-refractivity contribution in [3.8, 4) is 11.5 Å². The van der Waals surface area contributed by atoms with E-state index in [2.05, 4.69) is 15.5 Å². The Morgan fingerprint density at radius 1 is 1.25 bits per heavy atom. The van der Waals surface area contributed by atoms with Crippen LogP contribution in [0.3, 0.4) is 0 Å². The Balaban J connectivity index is 1.91. The van der Waals surface area contributed by atoms with E-state index in [1.165, 1.54) is 6.07 Å². The van der Waals surface area contributed by atoms with Gasteiger partial charge in [-0.3, -0.25) is 0 Å². The van der Waals surface area contributed by atoms with Gasteiger partial charge in [0, 0.05) is 6.07 Å². The van der Waals surface area contributed by atoms with Crippen LogP contribution in [0.4, 0.5) is 8.78 Å². The average Bonchev–Trinajstić information content (AvgIpc) is 2.93. The molecule has 1 saturated heterocycles. The fourth-order valence-electron chi connectivity index (χ4n) is 2.38. The van der Waals surface area contributed by atoms with Crippen LogP contribution in [0.1, 0.15) is 36.7 Å². The number of nitrogens with one attached hydrogen (secondary N) is 1. The van der Waals surface area contributed by atoms with Crippen molar-refractivity contribution in [3.05, 3.63) is 35.2 Å². The second-order valence-corrected chi connectivity index (χ2v) is 5.04. The van der Waals surface area contributed by atoms with Crippen molar-refractivity contribution in [2.45, 2.75) is 32.2 Å². The van der Waals surface area contributed by atoms with E-state index in [1.54, 1.807) is 6.92 Å². The van der Waals surface area contributed by atoms with Gasteiger partial charge in [0.1, 0.15) is 11.6 Å². The number of nitrogens with zero attached hydrogens (tertiary/aromatic N) is 2. The first-order chi connectivity index (χ1) is 9.65. The standard InChI is InChI=1S/C14H15F2N3O/c1-8-6-9(11(16)7-10(8)15)14-18-13(19-20-14)12-4-2-3-5-17-12/h6-7,12,17H,2-5H2,1H3. The van der Waals surface area contributed by atoms with Crippen LogP contribution < -0.4 is 5.32 Å². The molecule has 1 aliphatic heterocycles. The number of hydrogen-bond donors (Lipinski definition) is 1. The first-order valence-electron chi connectivity index (χ1n) is 6.68. The minimum Gasteiger partial charge on any atom is -0.334 e. The minimum atomic E-state index is -0.695. The first kappa shape index (κ1) is 13.2. The number of rotatable bonds is 2. The van der Waals surface area contributed by atoms with Gasteiger partial charge in [0.05, 0.1) is 11.6 Å². The van der Waals surface area contributed by atoms with Crippen molar-refractivity contribution >= 4 is 0 Å². The van der Waals surface area contributed by atoms with E-state index in [-0.39, 0.29) is 17.5 Å². The molecule has 0 radical (unpaired) electrons. The predicted octanol–water partition coefficient (Wildman–Crippen LogP) is 3.14. The molecular formula is C14H15F2N3O. The van der Waals surface area contributed by atoms with Gasteiger partial charge in [0.15, 0.2) is 5.82 Å². The lowest BCUT2D eigenvalue weighted by Gasteiger charge is -2.19. The number of halogens is 2. The van der Waals surface area contributed by atoms with Gasteiger partial charge in [-0.1, -0.05) is 11.6 Å². The van der Waals surface area contributed by atoms with Gasteiger partial charge in [-0.25, -0.2) is 8.78 Å². The third kappa shape index (κ3) is 2.43. The molecule has 1 fully saturated rings. The Morgan fingerprint density at radius 2 is 2.10 bits per heavy atom. The molecule has 1 aromatic carbocycles. The van der Waals surface area contributed by atoms with E-state index in [1.807, 2.05) is 0 Å². The zero-order valence-corrected chi connectivity index (χ0v) is 11.1. The molecule has 106 valence electrons. The largest absolute Gasteiger partial charge is 0.334 e. The molecule has 1 atom stereocenters. The lowest BCUT2D eigenvalue weighted by Crippen LogP contribution is -2.27. The van der Waals surface area contributed by atoms with Crippen LogP contribution in [-0.2, 0) is 0 Å². The van der Waals surface area contributed by atoms with E-state index in [4.69, 9.17) is 4.52 Å². The van der Waals surface area contributed by atoms with Crippen molar-refractivity contribution in [3.63, 3.8) is 0 Å². The molecule has 1 N–H and O–H groups in total. The highest BCUT2D eigenvalue weighted by Gasteiger charge is 2.22. The summed E-state index contributed by atoms with van der Waals surface area (Å²) in [5.41, 5.74) is 0.482. The maximum Gasteiger partial charge on any atom is 0.260 e. The van der Waals surface area contributed by atoms with Gasteiger partial charge in [0.25, 0.3) is 5.89 Å². The molecule has 20 heavy (non-hydrogen) atoms. The lowest BCUT2D eigenvalue weighted by molar-refractivity contribution is 0.366. The van der Waals surface area contributed by atoms with Crippen LogP contribution in [0.25, 0.3) is 11.5 Å². The number of hydrogen-bond acceptors (Lipinski definition) is 4. The van der Waals surface area contributed by atoms with E-state index < -0.39 is 11.6 Å². The molecular weight excluding hydrogens is 264 g/mol. The predicted molar refractivity (Wildman–Crippen MR) is 69.0 cm³/mol. The summed E-state index contributed by atoms with van der Waals surface area (Å²) < 4.78 is 32.2. The Hall–Kier alpha value is -1.82. The van der Waals surface area contributed by atoms with Crippen LogP contribution in [0, 0.1) is 18.6 Å². The normalized spacial score (nSPS) is 19.2. The first-order valence-corrected chi connectivity index (χ1v) is 6.68. The SMILES string of the molecule is Cc1cc(-c2nc(C3CCCCN3)no2)c(F)cc1F. The Kier molecular flexibility index (Phi) is 3.48. The van der Waals surface area contributed by atoms with Crippen molar-refractivity contribution in [1.82, 2.24) is 15.5 Å². The second kappa shape index (κ2) is 5.28. The number of aromatic nitrogens is 2. The van der Waals surface area contributed by atoms with E-state index >= 15 is 0 Å². The summed E-state index contributed by atoms with van der Waals surface area (Å²) in [6.07, 6.45) is 3.17. The smallest absolute Gasteiger partial charge is 0.260 e. The van der Waals surface area contributed by atoms with Crippen molar-refractivity contribution in [2.75, 3.05) is 6.54 Å². The molecule has 6 heteroatoms. The minimum absolute atomic E-state index is 0.0471. The number of aryl methyl sites for hydroxylation is 1.